The van der Waals surface area contributed by atoms with Crippen LogP contribution in [0.2, 0.25) is 0 Å². The molecule has 0 radical (unpaired) electrons. The number of benzene rings is 2. The van der Waals surface area contributed by atoms with Crippen molar-refractivity contribution in [2.75, 3.05) is 7.05 Å². The van der Waals surface area contributed by atoms with Crippen molar-refractivity contribution >= 4 is 15.9 Å². The molecule has 1 aliphatic carbocycles. The molecule has 2 aromatic rings. The quantitative estimate of drug-likeness (QED) is 0.858. The second-order valence-electron chi connectivity index (χ2n) is 5.32. The molecule has 1 saturated carbocycles. The average Bonchev–Trinajstić information content (AvgIpc) is 3.24. The summed E-state index contributed by atoms with van der Waals surface area (Å²) >= 11 is 3.48. The standard InChI is InChI=1S/C17H17BrFN/c1-20-17(16-14(18)8-5-9-15(16)19)13-10-12(13)11-6-3-2-4-7-11/h2-9,12-13,17,20H,10H2,1H3. The van der Waals surface area contributed by atoms with E-state index in [1.807, 2.05) is 19.2 Å². The second-order valence-corrected chi connectivity index (χ2v) is 6.17. The molecular weight excluding hydrogens is 317 g/mol. The van der Waals surface area contributed by atoms with E-state index in [0.717, 1.165) is 16.5 Å². The average molecular weight is 334 g/mol. The van der Waals surface area contributed by atoms with Crippen LogP contribution >= 0.6 is 15.9 Å². The molecule has 1 fully saturated rings. The molecule has 0 spiro atoms. The normalized spacial score (nSPS) is 22.6. The van der Waals surface area contributed by atoms with E-state index in [2.05, 4.69) is 45.5 Å². The van der Waals surface area contributed by atoms with E-state index in [9.17, 15) is 4.39 Å². The van der Waals surface area contributed by atoms with Crippen LogP contribution in [0.5, 0.6) is 0 Å². The molecule has 0 saturated heterocycles. The Bertz CT molecular complexity index is 579. The van der Waals surface area contributed by atoms with Crippen molar-refractivity contribution in [3.8, 4) is 0 Å². The van der Waals surface area contributed by atoms with E-state index in [0.29, 0.717) is 11.8 Å². The first-order valence-electron chi connectivity index (χ1n) is 6.88. The topological polar surface area (TPSA) is 12.0 Å². The predicted molar refractivity (Wildman–Crippen MR) is 83.2 cm³/mol. The Morgan fingerprint density at radius 2 is 1.90 bits per heavy atom. The van der Waals surface area contributed by atoms with E-state index in [1.54, 1.807) is 6.07 Å². The maximum atomic E-state index is 14.1. The molecule has 1 aliphatic rings. The molecule has 3 heteroatoms. The van der Waals surface area contributed by atoms with Gasteiger partial charge in [0.25, 0.3) is 0 Å². The number of rotatable bonds is 4. The molecule has 104 valence electrons. The van der Waals surface area contributed by atoms with Gasteiger partial charge in [0, 0.05) is 16.1 Å². The molecule has 3 atom stereocenters. The molecule has 3 rings (SSSR count). The molecule has 0 aromatic heterocycles. The van der Waals surface area contributed by atoms with Crippen LogP contribution in [0.1, 0.15) is 29.5 Å². The molecule has 0 bridgehead atoms. The van der Waals surface area contributed by atoms with Crippen LogP contribution in [0.3, 0.4) is 0 Å². The maximum Gasteiger partial charge on any atom is 0.129 e. The van der Waals surface area contributed by atoms with Gasteiger partial charge in [-0.2, -0.15) is 0 Å². The van der Waals surface area contributed by atoms with Crippen molar-refractivity contribution in [1.29, 1.82) is 0 Å². The van der Waals surface area contributed by atoms with Gasteiger partial charge in [-0.05, 0) is 43.0 Å². The molecule has 0 aliphatic heterocycles. The summed E-state index contributed by atoms with van der Waals surface area (Å²) < 4.78 is 15.0. The first kappa shape index (κ1) is 13.8. The molecular formula is C17H17BrFN. The summed E-state index contributed by atoms with van der Waals surface area (Å²) in [6.45, 7) is 0. The molecule has 1 nitrogen and oxygen atoms in total. The Hall–Kier alpha value is -1.19. The van der Waals surface area contributed by atoms with Crippen LogP contribution in [0.4, 0.5) is 4.39 Å². The highest BCUT2D eigenvalue weighted by Crippen LogP contribution is 2.54. The van der Waals surface area contributed by atoms with Crippen LogP contribution in [-0.4, -0.2) is 7.05 Å². The van der Waals surface area contributed by atoms with Crippen molar-refractivity contribution in [1.82, 2.24) is 5.32 Å². The molecule has 1 N–H and O–H groups in total. The summed E-state index contributed by atoms with van der Waals surface area (Å²) in [5.41, 5.74) is 2.10. The Morgan fingerprint density at radius 1 is 1.15 bits per heavy atom. The van der Waals surface area contributed by atoms with Crippen LogP contribution < -0.4 is 5.32 Å². The largest absolute Gasteiger partial charge is 0.313 e. The van der Waals surface area contributed by atoms with Gasteiger partial charge in [-0.1, -0.05) is 52.3 Å². The fourth-order valence-corrected chi connectivity index (χ4v) is 3.64. The predicted octanol–water partition coefficient (Wildman–Crippen LogP) is 4.65. The molecule has 3 unspecified atom stereocenters. The van der Waals surface area contributed by atoms with Gasteiger partial charge in [-0.15, -0.1) is 0 Å². The lowest BCUT2D eigenvalue weighted by Crippen LogP contribution is -2.21. The third-order valence-electron chi connectivity index (χ3n) is 4.12. The van der Waals surface area contributed by atoms with Gasteiger partial charge >= 0.3 is 0 Å². The van der Waals surface area contributed by atoms with Crippen LogP contribution in [-0.2, 0) is 0 Å². The zero-order valence-corrected chi connectivity index (χ0v) is 12.9. The lowest BCUT2D eigenvalue weighted by Gasteiger charge is -2.19. The van der Waals surface area contributed by atoms with Crippen LogP contribution in [0, 0.1) is 11.7 Å². The molecule has 0 amide bonds. The van der Waals surface area contributed by atoms with Gasteiger partial charge in [0.15, 0.2) is 0 Å². The highest BCUT2D eigenvalue weighted by atomic mass is 79.9. The third-order valence-corrected chi connectivity index (χ3v) is 4.81. The highest BCUT2D eigenvalue weighted by molar-refractivity contribution is 9.10. The zero-order chi connectivity index (χ0) is 14.1. The van der Waals surface area contributed by atoms with Crippen molar-refractivity contribution < 1.29 is 4.39 Å². The Morgan fingerprint density at radius 3 is 2.55 bits per heavy atom. The minimum absolute atomic E-state index is 0.0516. The fraction of sp³-hybridized carbons (Fsp3) is 0.294. The summed E-state index contributed by atoms with van der Waals surface area (Å²) in [7, 11) is 1.91. The monoisotopic (exact) mass is 333 g/mol. The van der Waals surface area contributed by atoms with E-state index in [-0.39, 0.29) is 11.9 Å². The number of halogens is 2. The van der Waals surface area contributed by atoms with Gasteiger partial charge in [0.05, 0.1) is 0 Å². The highest BCUT2D eigenvalue weighted by Gasteiger charge is 2.44. The summed E-state index contributed by atoms with van der Waals surface area (Å²) in [4.78, 5) is 0. The third kappa shape index (κ3) is 2.52. The van der Waals surface area contributed by atoms with Gasteiger partial charge in [0.2, 0.25) is 0 Å². The SMILES string of the molecule is CNC(c1c(F)cccc1Br)C1CC1c1ccccc1. The van der Waals surface area contributed by atoms with Crippen LogP contribution in [0.25, 0.3) is 0 Å². The fourth-order valence-electron chi connectivity index (χ4n) is 3.05. The summed E-state index contributed by atoms with van der Waals surface area (Å²) in [6, 6.07) is 15.7. The van der Waals surface area contributed by atoms with Crippen molar-refractivity contribution in [2.24, 2.45) is 5.92 Å². The van der Waals surface area contributed by atoms with Gasteiger partial charge in [-0.3, -0.25) is 0 Å². The van der Waals surface area contributed by atoms with Gasteiger partial charge in [0.1, 0.15) is 5.82 Å². The number of nitrogens with one attached hydrogen (secondary N) is 1. The van der Waals surface area contributed by atoms with Gasteiger partial charge in [-0.25, -0.2) is 4.39 Å². The van der Waals surface area contributed by atoms with Gasteiger partial charge < -0.3 is 5.32 Å². The van der Waals surface area contributed by atoms with Crippen LogP contribution in [0.15, 0.2) is 53.0 Å². The molecule has 2 aromatic carbocycles. The second kappa shape index (κ2) is 5.66. The Kier molecular flexibility index (Phi) is 3.90. The Labute approximate surface area is 127 Å². The minimum Gasteiger partial charge on any atom is -0.313 e. The van der Waals surface area contributed by atoms with Crippen molar-refractivity contribution in [3.63, 3.8) is 0 Å². The number of hydrogen-bond donors (Lipinski definition) is 1. The lowest BCUT2D eigenvalue weighted by atomic mass is 9.98. The lowest BCUT2D eigenvalue weighted by molar-refractivity contribution is 0.482. The molecule has 0 heterocycles. The summed E-state index contributed by atoms with van der Waals surface area (Å²) in [6.07, 6.45) is 1.11. The number of hydrogen-bond acceptors (Lipinski definition) is 1. The minimum atomic E-state index is -0.141. The van der Waals surface area contributed by atoms with E-state index < -0.39 is 0 Å². The Balaban J connectivity index is 1.86. The maximum absolute atomic E-state index is 14.1. The first-order chi connectivity index (χ1) is 9.72. The first-order valence-corrected chi connectivity index (χ1v) is 7.67. The van der Waals surface area contributed by atoms with E-state index in [4.69, 9.17) is 0 Å². The summed E-state index contributed by atoms with van der Waals surface area (Å²) in [5, 5.41) is 3.29. The van der Waals surface area contributed by atoms with Crippen molar-refractivity contribution in [3.05, 3.63) is 69.9 Å². The van der Waals surface area contributed by atoms with E-state index >= 15 is 0 Å². The summed E-state index contributed by atoms with van der Waals surface area (Å²) in [5.74, 6) is 0.841. The molecule has 20 heavy (non-hydrogen) atoms. The smallest absolute Gasteiger partial charge is 0.129 e. The van der Waals surface area contributed by atoms with Crippen molar-refractivity contribution in [2.45, 2.75) is 18.4 Å². The zero-order valence-electron chi connectivity index (χ0n) is 11.3. The van der Waals surface area contributed by atoms with E-state index in [1.165, 1.54) is 11.6 Å².